The van der Waals surface area contributed by atoms with Gasteiger partial charge in [-0.25, -0.2) is 4.39 Å². The third kappa shape index (κ3) is 3.76. The quantitative estimate of drug-likeness (QED) is 0.845. The molecule has 3 rings (SSSR count). The number of amides is 2. The van der Waals surface area contributed by atoms with E-state index in [0.717, 1.165) is 36.1 Å². The van der Waals surface area contributed by atoms with E-state index in [-0.39, 0.29) is 23.5 Å². The van der Waals surface area contributed by atoms with Crippen LogP contribution in [0.5, 0.6) is 0 Å². The molecule has 0 aliphatic heterocycles. The molecule has 2 amide bonds. The van der Waals surface area contributed by atoms with Crippen molar-refractivity contribution < 1.29 is 14.0 Å². The van der Waals surface area contributed by atoms with E-state index in [4.69, 9.17) is 0 Å². The van der Waals surface area contributed by atoms with Gasteiger partial charge in [-0.1, -0.05) is 25.0 Å². The second-order valence-electron chi connectivity index (χ2n) is 5.60. The molecular weight excluding hydrogens is 315 g/mol. The summed E-state index contributed by atoms with van der Waals surface area (Å²) < 4.78 is 12.9. The minimum absolute atomic E-state index is 0.00779. The van der Waals surface area contributed by atoms with Gasteiger partial charge in [0.2, 0.25) is 5.91 Å². The number of hydrazine groups is 1. The molecule has 2 aromatic rings. The first kappa shape index (κ1) is 15.7. The average Bonchev–Trinajstić information content (AvgIpc) is 3.24. The number of carbonyl (C=O) groups excluding carboxylic acids is 2. The van der Waals surface area contributed by atoms with Crippen molar-refractivity contribution in [2.45, 2.75) is 25.7 Å². The van der Waals surface area contributed by atoms with Gasteiger partial charge in [-0.05, 0) is 42.7 Å². The molecule has 1 aliphatic carbocycles. The zero-order chi connectivity index (χ0) is 16.2. The van der Waals surface area contributed by atoms with E-state index in [1.165, 1.54) is 23.5 Å². The second-order valence-corrected chi connectivity index (χ2v) is 6.68. The van der Waals surface area contributed by atoms with Gasteiger partial charge in [-0.3, -0.25) is 20.4 Å². The third-order valence-electron chi connectivity index (χ3n) is 3.98. The van der Waals surface area contributed by atoms with Gasteiger partial charge < -0.3 is 0 Å². The summed E-state index contributed by atoms with van der Waals surface area (Å²) in [7, 11) is 0. The zero-order valence-corrected chi connectivity index (χ0v) is 13.3. The topological polar surface area (TPSA) is 58.2 Å². The normalized spacial score (nSPS) is 14.7. The second kappa shape index (κ2) is 6.91. The van der Waals surface area contributed by atoms with Crippen molar-refractivity contribution in [1.82, 2.24) is 10.9 Å². The molecule has 120 valence electrons. The summed E-state index contributed by atoms with van der Waals surface area (Å²) in [4.78, 5) is 25.3. The van der Waals surface area contributed by atoms with Gasteiger partial charge in [-0.2, -0.15) is 0 Å². The Bertz CT molecular complexity index is 706. The average molecular weight is 332 g/mol. The Labute approximate surface area is 137 Å². The lowest BCUT2D eigenvalue weighted by Gasteiger charge is -2.10. The minimum Gasteiger partial charge on any atom is -0.273 e. The molecule has 1 aromatic carbocycles. The van der Waals surface area contributed by atoms with E-state index in [1.54, 1.807) is 18.2 Å². The van der Waals surface area contributed by atoms with Crippen LogP contribution in [-0.2, 0) is 4.79 Å². The Morgan fingerprint density at radius 3 is 2.39 bits per heavy atom. The van der Waals surface area contributed by atoms with E-state index in [9.17, 15) is 14.0 Å². The Hall–Kier alpha value is -2.21. The minimum atomic E-state index is -0.338. The lowest BCUT2D eigenvalue weighted by atomic mass is 10.1. The van der Waals surface area contributed by atoms with Gasteiger partial charge in [0.05, 0.1) is 4.88 Å². The highest BCUT2D eigenvalue weighted by Gasteiger charge is 2.23. The SMILES string of the molecule is O=C(NNC(=O)C1CCCC1)c1ccc(-c2ccc(F)cc2)s1. The van der Waals surface area contributed by atoms with Crippen molar-refractivity contribution in [2.24, 2.45) is 5.92 Å². The van der Waals surface area contributed by atoms with E-state index >= 15 is 0 Å². The molecule has 4 nitrogen and oxygen atoms in total. The van der Waals surface area contributed by atoms with Crippen LogP contribution in [0.2, 0.25) is 0 Å². The highest BCUT2D eigenvalue weighted by molar-refractivity contribution is 7.17. The van der Waals surface area contributed by atoms with Crippen molar-refractivity contribution in [3.8, 4) is 10.4 Å². The molecule has 0 saturated heterocycles. The maximum absolute atomic E-state index is 12.9. The summed E-state index contributed by atoms with van der Waals surface area (Å²) in [5.74, 6) is -0.743. The molecule has 6 heteroatoms. The number of halogens is 1. The fourth-order valence-corrected chi connectivity index (χ4v) is 3.61. The smallest absolute Gasteiger partial charge is 0.273 e. The maximum atomic E-state index is 12.9. The maximum Gasteiger partial charge on any atom is 0.279 e. The van der Waals surface area contributed by atoms with Crippen LogP contribution < -0.4 is 10.9 Å². The Kier molecular flexibility index (Phi) is 4.71. The standard InChI is InChI=1S/C17H17FN2O2S/c18-13-7-5-11(6-8-13)14-9-10-15(23-14)17(22)20-19-16(21)12-3-1-2-4-12/h5-10,12H,1-4H2,(H,19,21)(H,20,22). The highest BCUT2D eigenvalue weighted by Crippen LogP contribution is 2.28. The number of carbonyl (C=O) groups is 2. The molecule has 2 N–H and O–H groups in total. The monoisotopic (exact) mass is 332 g/mol. The molecule has 0 bridgehead atoms. The molecule has 1 aliphatic rings. The summed E-state index contributed by atoms with van der Waals surface area (Å²) in [5, 5.41) is 0. The number of rotatable bonds is 3. The van der Waals surface area contributed by atoms with Crippen molar-refractivity contribution in [3.05, 3.63) is 47.1 Å². The van der Waals surface area contributed by atoms with Gasteiger partial charge in [0.1, 0.15) is 5.82 Å². The molecule has 0 spiro atoms. The predicted octanol–water partition coefficient (Wildman–Crippen LogP) is 3.51. The molecule has 0 radical (unpaired) electrons. The summed E-state index contributed by atoms with van der Waals surface area (Å²) >= 11 is 1.30. The highest BCUT2D eigenvalue weighted by atomic mass is 32.1. The van der Waals surface area contributed by atoms with Gasteiger partial charge >= 0.3 is 0 Å². The van der Waals surface area contributed by atoms with Crippen LogP contribution in [0.15, 0.2) is 36.4 Å². The fourth-order valence-electron chi connectivity index (χ4n) is 2.70. The third-order valence-corrected chi connectivity index (χ3v) is 5.12. The largest absolute Gasteiger partial charge is 0.279 e. The van der Waals surface area contributed by atoms with Crippen LogP contribution in [0.4, 0.5) is 4.39 Å². The molecule has 1 saturated carbocycles. The van der Waals surface area contributed by atoms with Crippen molar-refractivity contribution in [1.29, 1.82) is 0 Å². The number of thiophene rings is 1. The number of hydrogen-bond donors (Lipinski definition) is 2. The molecule has 1 aromatic heterocycles. The Morgan fingerprint density at radius 2 is 1.70 bits per heavy atom. The van der Waals surface area contributed by atoms with Crippen molar-refractivity contribution in [3.63, 3.8) is 0 Å². The lowest BCUT2D eigenvalue weighted by Crippen LogP contribution is -2.43. The van der Waals surface area contributed by atoms with Crippen LogP contribution >= 0.6 is 11.3 Å². The van der Waals surface area contributed by atoms with E-state index < -0.39 is 0 Å². The van der Waals surface area contributed by atoms with Crippen molar-refractivity contribution >= 4 is 23.2 Å². The Balaban J connectivity index is 1.59. The Morgan fingerprint density at radius 1 is 1.00 bits per heavy atom. The molecule has 0 unspecified atom stereocenters. The molecular formula is C17H17FN2O2S. The van der Waals surface area contributed by atoms with Crippen LogP contribution in [0.3, 0.4) is 0 Å². The number of nitrogens with one attached hydrogen (secondary N) is 2. The van der Waals surface area contributed by atoms with E-state index in [0.29, 0.717) is 4.88 Å². The summed E-state index contributed by atoms with van der Waals surface area (Å²) in [5.41, 5.74) is 5.81. The molecule has 0 atom stereocenters. The predicted molar refractivity (Wildman–Crippen MR) is 87.3 cm³/mol. The van der Waals surface area contributed by atoms with Crippen LogP contribution in [0, 0.1) is 11.7 Å². The zero-order valence-electron chi connectivity index (χ0n) is 12.5. The fraction of sp³-hybridized carbons (Fsp3) is 0.294. The summed E-state index contributed by atoms with van der Waals surface area (Å²) in [6, 6.07) is 9.62. The van der Waals surface area contributed by atoms with Crippen molar-refractivity contribution in [2.75, 3.05) is 0 Å². The van der Waals surface area contributed by atoms with Crippen LogP contribution in [0.25, 0.3) is 10.4 Å². The first-order chi connectivity index (χ1) is 11.1. The molecule has 1 heterocycles. The first-order valence-electron chi connectivity index (χ1n) is 7.59. The number of hydrogen-bond acceptors (Lipinski definition) is 3. The molecule has 1 fully saturated rings. The van der Waals surface area contributed by atoms with Crippen LogP contribution in [-0.4, -0.2) is 11.8 Å². The van der Waals surface area contributed by atoms with Crippen LogP contribution in [0.1, 0.15) is 35.4 Å². The first-order valence-corrected chi connectivity index (χ1v) is 8.41. The van der Waals surface area contributed by atoms with E-state index in [1.807, 2.05) is 6.07 Å². The van der Waals surface area contributed by atoms with E-state index in [2.05, 4.69) is 10.9 Å². The summed E-state index contributed by atoms with van der Waals surface area (Å²) in [6.45, 7) is 0. The molecule has 23 heavy (non-hydrogen) atoms. The van der Waals surface area contributed by atoms with Gasteiger partial charge in [0, 0.05) is 10.8 Å². The van der Waals surface area contributed by atoms with Gasteiger partial charge in [0.15, 0.2) is 0 Å². The van der Waals surface area contributed by atoms with Gasteiger partial charge in [-0.15, -0.1) is 11.3 Å². The summed E-state index contributed by atoms with van der Waals surface area (Å²) in [6.07, 6.45) is 3.90. The lowest BCUT2D eigenvalue weighted by molar-refractivity contribution is -0.125. The van der Waals surface area contributed by atoms with Gasteiger partial charge in [0.25, 0.3) is 5.91 Å². The number of benzene rings is 1.